The van der Waals surface area contributed by atoms with Gasteiger partial charge in [-0.15, -0.1) is 11.3 Å². The van der Waals surface area contributed by atoms with Crippen LogP contribution >= 0.6 is 27.3 Å². The third-order valence-corrected chi connectivity index (χ3v) is 4.24. The van der Waals surface area contributed by atoms with Crippen molar-refractivity contribution in [3.05, 3.63) is 28.0 Å². The monoisotopic (exact) mass is 370 g/mol. The summed E-state index contributed by atoms with van der Waals surface area (Å²) in [6.07, 6.45) is -0.679. The SMILES string of the molecule is CC(C)(C)OC(=O)Nc1sc2c(F)ccc(Br)c2c1C#N. The third-order valence-electron chi connectivity index (χ3n) is 2.47. The average molecular weight is 371 g/mol. The number of hydrogen-bond donors (Lipinski definition) is 1. The van der Waals surface area contributed by atoms with E-state index in [1.54, 1.807) is 20.8 Å². The molecular weight excluding hydrogens is 359 g/mol. The molecule has 0 fully saturated rings. The summed E-state index contributed by atoms with van der Waals surface area (Å²) in [6.45, 7) is 5.21. The first-order valence-corrected chi connectivity index (χ1v) is 7.64. The molecule has 0 unspecified atom stereocenters. The van der Waals surface area contributed by atoms with Crippen LogP contribution in [0.5, 0.6) is 0 Å². The van der Waals surface area contributed by atoms with Crippen molar-refractivity contribution in [1.29, 1.82) is 5.26 Å². The number of thiophene rings is 1. The van der Waals surface area contributed by atoms with E-state index in [9.17, 15) is 14.4 Å². The van der Waals surface area contributed by atoms with Crippen LogP contribution in [-0.2, 0) is 4.74 Å². The third kappa shape index (κ3) is 3.34. The van der Waals surface area contributed by atoms with Crippen LogP contribution in [0.2, 0.25) is 0 Å². The molecule has 21 heavy (non-hydrogen) atoms. The second-order valence-corrected chi connectivity index (χ2v) is 7.15. The predicted octanol–water partition coefficient (Wildman–Crippen LogP) is 5.02. The molecule has 1 N–H and O–H groups in total. The number of nitrogens with zero attached hydrogens (tertiary/aromatic N) is 1. The zero-order valence-electron chi connectivity index (χ0n) is 11.6. The van der Waals surface area contributed by atoms with Crippen LogP contribution < -0.4 is 5.32 Å². The summed E-state index contributed by atoms with van der Waals surface area (Å²) in [5, 5.41) is 12.5. The molecule has 0 radical (unpaired) electrons. The lowest BCUT2D eigenvalue weighted by atomic mass is 10.2. The van der Waals surface area contributed by atoms with Gasteiger partial charge in [0.1, 0.15) is 22.5 Å². The summed E-state index contributed by atoms with van der Waals surface area (Å²) in [7, 11) is 0. The Hall–Kier alpha value is -1.65. The molecule has 1 aromatic heterocycles. The largest absolute Gasteiger partial charge is 0.444 e. The first kappa shape index (κ1) is 15.7. The van der Waals surface area contributed by atoms with Crippen LogP contribution in [0.1, 0.15) is 26.3 Å². The first-order valence-electron chi connectivity index (χ1n) is 6.03. The van der Waals surface area contributed by atoms with Gasteiger partial charge in [0.25, 0.3) is 0 Å². The highest BCUT2D eigenvalue weighted by Crippen LogP contribution is 2.40. The molecule has 0 saturated carbocycles. The fraction of sp³-hybridized carbons (Fsp3) is 0.286. The number of fused-ring (bicyclic) bond motifs is 1. The van der Waals surface area contributed by atoms with Crippen molar-refractivity contribution in [3.63, 3.8) is 0 Å². The molecule has 4 nitrogen and oxygen atoms in total. The van der Waals surface area contributed by atoms with E-state index in [-0.39, 0.29) is 10.6 Å². The summed E-state index contributed by atoms with van der Waals surface area (Å²) >= 11 is 4.30. The second-order valence-electron chi connectivity index (χ2n) is 5.28. The Morgan fingerprint density at radius 1 is 1.48 bits per heavy atom. The van der Waals surface area contributed by atoms with Gasteiger partial charge in [-0.2, -0.15) is 5.26 Å². The molecule has 2 rings (SSSR count). The van der Waals surface area contributed by atoms with Crippen molar-refractivity contribution < 1.29 is 13.9 Å². The Bertz CT molecular complexity index is 759. The van der Waals surface area contributed by atoms with E-state index in [0.29, 0.717) is 14.6 Å². The summed E-state index contributed by atoms with van der Waals surface area (Å²) in [4.78, 5) is 11.8. The number of halogens is 2. The normalized spacial score (nSPS) is 11.2. The van der Waals surface area contributed by atoms with Crippen molar-refractivity contribution in [2.24, 2.45) is 0 Å². The highest BCUT2D eigenvalue weighted by atomic mass is 79.9. The lowest BCUT2D eigenvalue weighted by Gasteiger charge is -2.19. The number of amides is 1. The Labute approximate surface area is 133 Å². The number of benzene rings is 1. The maximum atomic E-state index is 13.8. The van der Waals surface area contributed by atoms with Crippen LogP contribution in [0.15, 0.2) is 16.6 Å². The van der Waals surface area contributed by atoms with E-state index in [0.717, 1.165) is 11.3 Å². The van der Waals surface area contributed by atoms with Crippen molar-refractivity contribution in [1.82, 2.24) is 0 Å². The van der Waals surface area contributed by atoms with Gasteiger partial charge in [-0.3, -0.25) is 5.32 Å². The molecule has 0 aliphatic carbocycles. The van der Waals surface area contributed by atoms with E-state index in [4.69, 9.17) is 4.74 Å². The van der Waals surface area contributed by atoms with Gasteiger partial charge in [0.2, 0.25) is 0 Å². The molecule has 110 valence electrons. The summed E-state index contributed by atoms with van der Waals surface area (Å²) in [6, 6.07) is 4.84. The maximum absolute atomic E-state index is 13.8. The van der Waals surface area contributed by atoms with Crippen LogP contribution in [0.4, 0.5) is 14.2 Å². The standard InChI is InChI=1S/C14H12BrFN2O2S/c1-14(2,3)20-13(19)18-12-7(6-17)10-8(15)4-5-9(16)11(10)21-12/h4-5H,1-3H3,(H,18,19). The zero-order chi connectivity index (χ0) is 15.8. The van der Waals surface area contributed by atoms with Gasteiger partial charge in [-0.05, 0) is 32.9 Å². The predicted molar refractivity (Wildman–Crippen MR) is 84.1 cm³/mol. The number of carbonyl (C=O) groups is 1. The lowest BCUT2D eigenvalue weighted by molar-refractivity contribution is 0.0636. The zero-order valence-corrected chi connectivity index (χ0v) is 14.0. The first-order chi connectivity index (χ1) is 9.73. The maximum Gasteiger partial charge on any atom is 0.412 e. The number of carbonyl (C=O) groups excluding carboxylic acids is 1. The van der Waals surface area contributed by atoms with Gasteiger partial charge in [0, 0.05) is 9.86 Å². The van der Waals surface area contributed by atoms with E-state index in [2.05, 4.69) is 21.2 Å². The van der Waals surface area contributed by atoms with Crippen molar-refractivity contribution in [3.8, 4) is 6.07 Å². The number of rotatable bonds is 1. The minimum atomic E-state index is -0.679. The Morgan fingerprint density at radius 3 is 2.71 bits per heavy atom. The highest BCUT2D eigenvalue weighted by Gasteiger charge is 2.22. The van der Waals surface area contributed by atoms with Gasteiger partial charge in [-0.1, -0.05) is 15.9 Å². The number of hydrogen-bond acceptors (Lipinski definition) is 4. The second kappa shape index (κ2) is 5.62. The molecule has 0 aliphatic heterocycles. The lowest BCUT2D eigenvalue weighted by Crippen LogP contribution is -2.27. The van der Waals surface area contributed by atoms with Crippen LogP contribution in [0.3, 0.4) is 0 Å². The molecular formula is C14H12BrFN2O2S. The van der Waals surface area contributed by atoms with E-state index in [1.165, 1.54) is 12.1 Å². The number of anilines is 1. The van der Waals surface area contributed by atoms with Gasteiger partial charge in [0.15, 0.2) is 0 Å². The molecule has 2 aromatic rings. The van der Waals surface area contributed by atoms with Gasteiger partial charge < -0.3 is 4.74 Å². The van der Waals surface area contributed by atoms with E-state index >= 15 is 0 Å². The quantitative estimate of drug-likeness (QED) is 0.766. The molecule has 0 spiro atoms. The molecule has 0 bridgehead atoms. The number of nitrogens with one attached hydrogen (secondary N) is 1. The number of ether oxygens (including phenoxy) is 1. The van der Waals surface area contributed by atoms with E-state index < -0.39 is 17.5 Å². The average Bonchev–Trinajstić information content (AvgIpc) is 2.71. The van der Waals surface area contributed by atoms with Crippen molar-refractivity contribution >= 4 is 48.4 Å². The number of nitriles is 1. The molecule has 0 aliphatic rings. The molecule has 0 atom stereocenters. The highest BCUT2D eigenvalue weighted by molar-refractivity contribution is 9.10. The van der Waals surface area contributed by atoms with Gasteiger partial charge in [-0.25, -0.2) is 9.18 Å². The Morgan fingerprint density at radius 2 is 2.14 bits per heavy atom. The minimum absolute atomic E-state index is 0.215. The van der Waals surface area contributed by atoms with Crippen LogP contribution in [0, 0.1) is 17.1 Å². The van der Waals surface area contributed by atoms with Crippen LogP contribution in [0.25, 0.3) is 10.1 Å². The Balaban J connectivity index is 2.46. The summed E-state index contributed by atoms with van der Waals surface area (Å²) in [5.41, 5.74) is -0.438. The summed E-state index contributed by atoms with van der Waals surface area (Å²) < 4.78 is 19.9. The van der Waals surface area contributed by atoms with Crippen molar-refractivity contribution in [2.45, 2.75) is 26.4 Å². The smallest absolute Gasteiger partial charge is 0.412 e. The molecule has 1 amide bonds. The molecule has 1 heterocycles. The van der Waals surface area contributed by atoms with Gasteiger partial charge in [0.05, 0.1) is 10.3 Å². The topological polar surface area (TPSA) is 62.1 Å². The fourth-order valence-corrected chi connectivity index (χ4v) is 3.45. The Kier molecular flexibility index (Phi) is 4.21. The summed E-state index contributed by atoms with van der Waals surface area (Å²) in [5.74, 6) is -0.438. The minimum Gasteiger partial charge on any atom is -0.444 e. The van der Waals surface area contributed by atoms with Crippen molar-refractivity contribution in [2.75, 3.05) is 5.32 Å². The molecule has 0 saturated heterocycles. The fourth-order valence-electron chi connectivity index (χ4n) is 1.72. The van der Waals surface area contributed by atoms with Crippen LogP contribution in [-0.4, -0.2) is 11.7 Å². The van der Waals surface area contributed by atoms with Gasteiger partial charge >= 0.3 is 6.09 Å². The molecule has 1 aromatic carbocycles. The molecule has 7 heteroatoms. The van der Waals surface area contributed by atoms with E-state index in [1.807, 2.05) is 6.07 Å².